The van der Waals surface area contributed by atoms with Crippen molar-refractivity contribution in [1.29, 1.82) is 0 Å². The van der Waals surface area contributed by atoms with Crippen molar-refractivity contribution in [2.75, 3.05) is 0 Å². The van der Waals surface area contributed by atoms with E-state index in [4.69, 9.17) is 23.9 Å². The number of hydrogen-bond donors (Lipinski definition) is 2. The van der Waals surface area contributed by atoms with Crippen molar-refractivity contribution in [1.82, 2.24) is 25.0 Å². The van der Waals surface area contributed by atoms with Crippen LogP contribution in [0.15, 0.2) is 53.6 Å². The lowest BCUT2D eigenvalue weighted by atomic mass is 9.96. The summed E-state index contributed by atoms with van der Waals surface area (Å²) in [6.45, 7) is 8.03. The molecule has 2 aromatic carbocycles. The number of hydrogen-bond acceptors (Lipinski definition) is 5. The van der Waals surface area contributed by atoms with Crippen molar-refractivity contribution in [3.05, 3.63) is 81.3 Å². The molecule has 5 rings (SSSR count). The van der Waals surface area contributed by atoms with Gasteiger partial charge in [-0.25, -0.2) is 9.94 Å². The quantitative estimate of drug-likeness (QED) is 0.408. The SMILES string of the molecule is [C-]#[N+]c1c(-c2c(-c3ccc4c(=O)[nH]nc(CN)c4c3)cnn2C)ccc2ncc(Cl)cc12. The number of nitrogens with zero attached hydrogens (tertiary/aromatic N) is 5. The van der Waals surface area contributed by atoms with Gasteiger partial charge in [0.15, 0.2) is 0 Å². The average Bonchev–Trinajstić information content (AvgIpc) is 3.19. The van der Waals surface area contributed by atoms with Gasteiger partial charge in [-0.3, -0.25) is 14.5 Å². The molecule has 3 N–H and O–H groups in total. The number of halogens is 1. The number of H-pyrrole nitrogens is 1. The summed E-state index contributed by atoms with van der Waals surface area (Å²) in [6.07, 6.45) is 3.31. The lowest BCUT2D eigenvalue weighted by Gasteiger charge is -2.12. The zero-order chi connectivity index (χ0) is 22.4. The number of fused-ring (bicyclic) bond motifs is 2. The maximum absolute atomic E-state index is 12.2. The Morgan fingerprint density at radius 2 is 1.97 bits per heavy atom. The van der Waals surface area contributed by atoms with Gasteiger partial charge in [0, 0.05) is 41.7 Å². The molecule has 3 aromatic heterocycles. The van der Waals surface area contributed by atoms with Crippen LogP contribution >= 0.6 is 11.6 Å². The maximum atomic E-state index is 12.2. The molecule has 0 aliphatic carbocycles. The van der Waals surface area contributed by atoms with Gasteiger partial charge >= 0.3 is 0 Å². The predicted octanol–water partition coefficient (Wildman–Crippen LogP) is 4.20. The van der Waals surface area contributed by atoms with E-state index in [1.807, 2.05) is 31.3 Å². The van der Waals surface area contributed by atoms with Crippen LogP contribution in [-0.2, 0) is 13.6 Å². The first-order chi connectivity index (χ1) is 15.5. The van der Waals surface area contributed by atoms with E-state index in [1.165, 1.54) is 0 Å². The van der Waals surface area contributed by atoms with Gasteiger partial charge < -0.3 is 5.73 Å². The van der Waals surface area contributed by atoms with Gasteiger partial charge in [-0.2, -0.15) is 10.2 Å². The zero-order valence-electron chi connectivity index (χ0n) is 16.9. The molecule has 0 bridgehead atoms. The van der Waals surface area contributed by atoms with E-state index < -0.39 is 0 Å². The molecule has 0 aliphatic rings. The zero-order valence-corrected chi connectivity index (χ0v) is 17.7. The fraction of sp³-hybridized carbons (Fsp3) is 0.0870. The van der Waals surface area contributed by atoms with Gasteiger partial charge in [-0.15, -0.1) is 0 Å². The maximum Gasteiger partial charge on any atom is 0.272 e. The van der Waals surface area contributed by atoms with Crippen LogP contribution in [0.5, 0.6) is 0 Å². The topological polar surface area (TPSA) is 107 Å². The van der Waals surface area contributed by atoms with Crippen molar-refractivity contribution in [2.45, 2.75) is 6.54 Å². The second kappa shape index (κ2) is 7.57. The van der Waals surface area contributed by atoms with Crippen molar-refractivity contribution in [3.8, 4) is 22.4 Å². The standard InChI is InChI=1S/C23H16ClN7O/c1-26-21-15(5-6-19-17(21)8-13(24)10-27-19)22-18(11-28-31(22)2)12-3-4-14-16(7-12)20(9-25)29-30-23(14)32/h3-8,10-11H,9,25H2,2H3,(H,30,32). The average molecular weight is 442 g/mol. The summed E-state index contributed by atoms with van der Waals surface area (Å²) < 4.78 is 1.73. The van der Waals surface area contributed by atoms with E-state index in [1.54, 1.807) is 29.2 Å². The Morgan fingerprint density at radius 3 is 2.75 bits per heavy atom. The van der Waals surface area contributed by atoms with E-state index in [9.17, 15) is 4.79 Å². The molecule has 0 unspecified atom stereocenters. The summed E-state index contributed by atoms with van der Waals surface area (Å²) in [7, 11) is 1.83. The van der Waals surface area contributed by atoms with Crippen LogP contribution in [0.1, 0.15) is 5.69 Å². The highest BCUT2D eigenvalue weighted by atomic mass is 35.5. The van der Waals surface area contributed by atoms with E-state index >= 15 is 0 Å². The van der Waals surface area contributed by atoms with E-state index in [0.29, 0.717) is 38.1 Å². The monoisotopic (exact) mass is 441 g/mol. The minimum atomic E-state index is -0.274. The van der Waals surface area contributed by atoms with Crippen LogP contribution in [0, 0.1) is 6.57 Å². The molecule has 3 heterocycles. The number of aromatic nitrogens is 5. The summed E-state index contributed by atoms with van der Waals surface area (Å²) in [6, 6.07) is 11.0. The third kappa shape index (κ3) is 3.03. The van der Waals surface area contributed by atoms with Crippen LogP contribution < -0.4 is 11.3 Å². The Morgan fingerprint density at radius 1 is 1.12 bits per heavy atom. The second-order valence-electron chi connectivity index (χ2n) is 7.29. The van der Waals surface area contributed by atoms with Crippen LogP contribution in [0.4, 0.5) is 5.69 Å². The molecule has 5 aromatic rings. The molecule has 0 amide bonds. The largest absolute Gasteiger partial charge is 0.325 e. The Bertz CT molecular complexity index is 1630. The van der Waals surface area contributed by atoms with Gasteiger partial charge in [0.2, 0.25) is 5.69 Å². The summed E-state index contributed by atoms with van der Waals surface area (Å²) in [5, 5.41) is 13.3. The first-order valence-corrected chi connectivity index (χ1v) is 10.1. The third-order valence-corrected chi connectivity index (χ3v) is 5.69. The van der Waals surface area contributed by atoms with Crippen molar-refractivity contribution in [2.24, 2.45) is 12.8 Å². The molecule has 0 aliphatic heterocycles. The fourth-order valence-corrected chi connectivity index (χ4v) is 4.14. The molecule has 0 spiro atoms. The normalized spacial score (nSPS) is 11.2. The molecular weight excluding hydrogens is 426 g/mol. The fourth-order valence-electron chi connectivity index (χ4n) is 3.98. The minimum absolute atomic E-state index is 0.191. The highest BCUT2D eigenvalue weighted by molar-refractivity contribution is 6.31. The number of benzene rings is 2. The summed E-state index contributed by atoms with van der Waals surface area (Å²) >= 11 is 6.15. The number of rotatable bonds is 3. The Labute approximate surface area is 187 Å². The first-order valence-electron chi connectivity index (χ1n) is 9.71. The van der Waals surface area contributed by atoms with Gasteiger partial charge in [-0.05, 0) is 29.8 Å². The van der Waals surface area contributed by atoms with Crippen molar-refractivity contribution < 1.29 is 0 Å². The molecule has 8 nitrogen and oxygen atoms in total. The molecule has 9 heteroatoms. The van der Waals surface area contributed by atoms with E-state index in [-0.39, 0.29) is 12.1 Å². The van der Waals surface area contributed by atoms with Crippen molar-refractivity contribution in [3.63, 3.8) is 0 Å². The molecule has 0 saturated heterocycles. The molecule has 156 valence electrons. The number of aromatic amines is 1. The summed E-state index contributed by atoms with van der Waals surface area (Å²) in [5.41, 5.74) is 10.4. The van der Waals surface area contributed by atoms with Gasteiger partial charge in [0.25, 0.3) is 5.56 Å². The van der Waals surface area contributed by atoms with Gasteiger partial charge in [-0.1, -0.05) is 23.7 Å². The minimum Gasteiger partial charge on any atom is -0.325 e. The van der Waals surface area contributed by atoms with Crippen LogP contribution in [0.25, 0.3) is 48.9 Å². The highest BCUT2D eigenvalue weighted by Crippen LogP contribution is 2.41. The lowest BCUT2D eigenvalue weighted by Crippen LogP contribution is -2.13. The van der Waals surface area contributed by atoms with E-state index in [0.717, 1.165) is 22.4 Å². The molecular formula is C23H16ClN7O. The van der Waals surface area contributed by atoms with Crippen LogP contribution in [-0.4, -0.2) is 25.0 Å². The summed E-state index contributed by atoms with van der Waals surface area (Å²) in [5.74, 6) is 0. The molecule has 0 saturated carbocycles. The number of aryl methyl sites for hydroxylation is 1. The van der Waals surface area contributed by atoms with Crippen LogP contribution in [0.3, 0.4) is 0 Å². The lowest BCUT2D eigenvalue weighted by molar-refractivity contribution is 0.776. The second-order valence-corrected chi connectivity index (χ2v) is 7.72. The number of nitrogens with two attached hydrogens (primary N) is 1. The molecule has 0 fully saturated rings. The highest BCUT2D eigenvalue weighted by Gasteiger charge is 2.19. The molecule has 0 atom stereocenters. The van der Waals surface area contributed by atoms with Crippen LogP contribution in [0.2, 0.25) is 5.02 Å². The number of nitrogens with one attached hydrogen (secondary N) is 1. The summed E-state index contributed by atoms with van der Waals surface area (Å²) in [4.78, 5) is 20.3. The predicted molar refractivity (Wildman–Crippen MR) is 124 cm³/mol. The Balaban J connectivity index is 1.79. The van der Waals surface area contributed by atoms with Crippen molar-refractivity contribution >= 4 is 39.0 Å². The first kappa shape index (κ1) is 19.9. The molecule has 0 radical (unpaired) electrons. The Kier molecular flexibility index (Phi) is 4.70. The third-order valence-electron chi connectivity index (χ3n) is 5.48. The molecule has 32 heavy (non-hydrogen) atoms. The van der Waals surface area contributed by atoms with Gasteiger partial charge in [0.1, 0.15) is 0 Å². The smallest absolute Gasteiger partial charge is 0.272 e. The van der Waals surface area contributed by atoms with E-state index in [2.05, 4.69) is 25.1 Å². The Hall–Kier alpha value is -4.06. The van der Waals surface area contributed by atoms with Gasteiger partial charge in [0.05, 0.1) is 40.1 Å². The number of pyridine rings is 1.